The third-order valence-corrected chi connectivity index (χ3v) is 4.66. The number of aromatic nitrogens is 2. The Hall–Kier alpha value is -1.55. The molecule has 0 fully saturated rings. The normalized spacial score (nSPS) is 11.4. The van der Waals surface area contributed by atoms with Crippen molar-refractivity contribution in [1.29, 1.82) is 0 Å². The first kappa shape index (κ1) is 13.9. The van der Waals surface area contributed by atoms with Crippen molar-refractivity contribution in [3.8, 4) is 0 Å². The molecular weight excluding hydrogens is 286 g/mol. The second-order valence-electron chi connectivity index (χ2n) is 3.61. The largest absolute Gasteiger partial charge is 0.292 e. The van der Waals surface area contributed by atoms with Gasteiger partial charge in [0, 0.05) is 11.4 Å². The smallest absolute Gasteiger partial charge is 0.243 e. The Balaban J connectivity index is 1.97. The maximum absolute atomic E-state index is 11.9. The van der Waals surface area contributed by atoms with Crippen LogP contribution in [-0.2, 0) is 16.4 Å². The van der Waals surface area contributed by atoms with Crippen molar-refractivity contribution in [2.75, 3.05) is 12.0 Å². The summed E-state index contributed by atoms with van der Waals surface area (Å²) in [6, 6.07) is 3.89. The maximum Gasteiger partial charge on any atom is 0.243 e. The molecule has 0 atom stereocenters. The Kier molecular flexibility index (Phi) is 4.43. The van der Waals surface area contributed by atoms with Crippen LogP contribution >= 0.6 is 11.3 Å². The fourth-order valence-electron chi connectivity index (χ4n) is 1.38. The van der Waals surface area contributed by atoms with E-state index in [0.717, 1.165) is 4.88 Å². The third kappa shape index (κ3) is 3.70. The Morgan fingerprint density at radius 3 is 2.63 bits per heavy atom. The number of rotatable bonds is 6. The predicted molar refractivity (Wildman–Crippen MR) is 73.1 cm³/mol. The number of hydrogen-bond acceptors (Lipinski definition) is 7. The van der Waals surface area contributed by atoms with Gasteiger partial charge in [-0.15, -0.1) is 11.3 Å². The number of sulfonamides is 1. The quantitative estimate of drug-likeness (QED) is 0.524. The fourth-order valence-corrected chi connectivity index (χ4v) is 3.01. The number of hydrogen-bond donors (Lipinski definition) is 3. The molecule has 0 unspecified atom stereocenters. The van der Waals surface area contributed by atoms with Gasteiger partial charge in [0.2, 0.25) is 16.0 Å². The molecule has 2 aromatic rings. The molecule has 2 heterocycles. The summed E-state index contributed by atoms with van der Waals surface area (Å²) in [5.74, 6) is 5.27. The number of anilines is 1. The van der Waals surface area contributed by atoms with Crippen LogP contribution in [0.1, 0.15) is 4.88 Å². The lowest BCUT2D eigenvalue weighted by Crippen LogP contribution is -2.26. The molecule has 19 heavy (non-hydrogen) atoms. The molecule has 0 aromatic carbocycles. The summed E-state index contributed by atoms with van der Waals surface area (Å²) in [6.07, 6.45) is 3.06. The van der Waals surface area contributed by atoms with Crippen LogP contribution in [0.2, 0.25) is 0 Å². The van der Waals surface area contributed by atoms with E-state index in [1.54, 1.807) is 11.3 Å². The highest BCUT2D eigenvalue weighted by Crippen LogP contribution is 2.10. The molecule has 7 nitrogen and oxygen atoms in total. The van der Waals surface area contributed by atoms with Crippen molar-refractivity contribution in [2.45, 2.75) is 11.3 Å². The molecule has 0 radical (unpaired) electrons. The Morgan fingerprint density at radius 2 is 2.05 bits per heavy atom. The first-order chi connectivity index (χ1) is 9.12. The van der Waals surface area contributed by atoms with Crippen LogP contribution in [0.3, 0.4) is 0 Å². The van der Waals surface area contributed by atoms with E-state index < -0.39 is 10.0 Å². The average Bonchev–Trinajstić information content (AvgIpc) is 2.92. The second-order valence-corrected chi connectivity index (χ2v) is 6.41. The van der Waals surface area contributed by atoms with E-state index in [2.05, 4.69) is 20.1 Å². The number of nitrogen functional groups attached to an aromatic ring is 1. The minimum absolute atomic E-state index is 0.0117. The van der Waals surface area contributed by atoms with E-state index in [1.807, 2.05) is 17.5 Å². The Bertz CT molecular complexity index is 610. The Labute approximate surface area is 114 Å². The second kappa shape index (κ2) is 6.06. The lowest BCUT2D eigenvalue weighted by Gasteiger charge is -2.05. The minimum Gasteiger partial charge on any atom is -0.292 e. The summed E-state index contributed by atoms with van der Waals surface area (Å²) in [5, 5.41) is 1.95. The summed E-state index contributed by atoms with van der Waals surface area (Å²) >= 11 is 1.59. The lowest BCUT2D eigenvalue weighted by atomic mass is 10.3. The van der Waals surface area contributed by atoms with Crippen molar-refractivity contribution < 1.29 is 8.42 Å². The van der Waals surface area contributed by atoms with E-state index in [9.17, 15) is 8.42 Å². The third-order valence-electron chi connectivity index (χ3n) is 2.31. The van der Waals surface area contributed by atoms with Gasteiger partial charge in [0.25, 0.3) is 0 Å². The van der Waals surface area contributed by atoms with Gasteiger partial charge in [0.1, 0.15) is 4.90 Å². The molecule has 0 aliphatic carbocycles. The van der Waals surface area contributed by atoms with Crippen molar-refractivity contribution in [1.82, 2.24) is 14.7 Å². The van der Waals surface area contributed by atoms with Crippen molar-refractivity contribution in [3.05, 3.63) is 34.8 Å². The predicted octanol–water partition coefficient (Wildman–Crippen LogP) is 0.345. The summed E-state index contributed by atoms with van der Waals surface area (Å²) in [6.45, 7) is 0.333. The minimum atomic E-state index is -3.58. The first-order valence-electron chi connectivity index (χ1n) is 5.42. The van der Waals surface area contributed by atoms with Crippen LogP contribution in [-0.4, -0.2) is 24.9 Å². The molecule has 0 saturated heterocycles. The maximum atomic E-state index is 11.9. The van der Waals surface area contributed by atoms with Gasteiger partial charge < -0.3 is 0 Å². The zero-order valence-electron chi connectivity index (χ0n) is 9.91. The summed E-state index contributed by atoms with van der Waals surface area (Å²) in [7, 11) is -3.58. The van der Waals surface area contributed by atoms with Crippen LogP contribution < -0.4 is 16.0 Å². The van der Waals surface area contributed by atoms with Gasteiger partial charge in [0.15, 0.2) is 0 Å². The molecule has 0 saturated carbocycles. The van der Waals surface area contributed by atoms with Crippen LogP contribution in [0.15, 0.2) is 34.8 Å². The van der Waals surface area contributed by atoms with Crippen molar-refractivity contribution in [2.24, 2.45) is 5.84 Å². The molecule has 0 aliphatic heterocycles. The number of nitrogens with zero attached hydrogens (tertiary/aromatic N) is 2. The van der Waals surface area contributed by atoms with Crippen LogP contribution in [0, 0.1) is 0 Å². The molecule has 0 aliphatic rings. The molecule has 0 amide bonds. The molecule has 9 heteroatoms. The standard InChI is InChI=1S/C10H13N5O2S2/c11-15-10-12-6-9(7-13-10)19(16,17)14-4-3-8-2-1-5-18-8/h1-2,5-7,14H,3-4,11H2,(H,12,13,15). The number of nitrogens with two attached hydrogens (primary N) is 1. The molecule has 2 rings (SSSR count). The SMILES string of the molecule is NNc1ncc(S(=O)(=O)NCCc2cccs2)cn1. The zero-order chi connectivity index (χ0) is 13.7. The fraction of sp³-hybridized carbons (Fsp3) is 0.200. The van der Waals surface area contributed by atoms with E-state index >= 15 is 0 Å². The van der Waals surface area contributed by atoms with E-state index in [-0.39, 0.29) is 10.8 Å². The topological polar surface area (TPSA) is 110 Å². The monoisotopic (exact) mass is 299 g/mol. The van der Waals surface area contributed by atoms with Gasteiger partial charge in [-0.3, -0.25) is 5.43 Å². The van der Waals surface area contributed by atoms with E-state index in [0.29, 0.717) is 13.0 Å². The van der Waals surface area contributed by atoms with Gasteiger partial charge in [0.05, 0.1) is 12.4 Å². The first-order valence-corrected chi connectivity index (χ1v) is 7.79. The molecule has 102 valence electrons. The average molecular weight is 299 g/mol. The van der Waals surface area contributed by atoms with Gasteiger partial charge in [-0.05, 0) is 17.9 Å². The molecule has 0 bridgehead atoms. The van der Waals surface area contributed by atoms with Gasteiger partial charge >= 0.3 is 0 Å². The number of nitrogens with one attached hydrogen (secondary N) is 2. The summed E-state index contributed by atoms with van der Waals surface area (Å²) in [5.41, 5.74) is 2.23. The molecule has 2 aromatic heterocycles. The highest BCUT2D eigenvalue weighted by atomic mass is 32.2. The van der Waals surface area contributed by atoms with Gasteiger partial charge in [-0.1, -0.05) is 6.07 Å². The number of hydrazine groups is 1. The van der Waals surface area contributed by atoms with Crippen LogP contribution in [0.5, 0.6) is 0 Å². The van der Waals surface area contributed by atoms with E-state index in [1.165, 1.54) is 12.4 Å². The van der Waals surface area contributed by atoms with Crippen molar-refractivity contribution in [3.63, 3.8) is 0 Å². The zero-order valence-corrected chi connectivity index (χ0v) is 11.5. The van der Waals surface area contributed by atoms with Crippen LogP contribution in [0.4, 0.5) is 5.95 Å². The molecular formula is C10H13N5O2S2. The van der Waals surface area contributed by atoms with Crippen LogP contribution in [0.25, 0.3) is 0 Å². The number of thiophene rings is 1. The van der Waals surface area contributed by atoms with Crippen molar-refractivity contribution >= 4 is 27.3 Å². The Morgan fingerprint density at radius 1 is 1.32 bits per heavy atom. The molecule has 4 N–H and O–H groups in total. The lowest BCUT2D eigenvalue weighted by molar-refractivity contribution is 0.581. The summed E-state index contributed by atoms with van der Waals surface area (Å²) in [4.78, 5) is 8.65. The van der Waals surface area contributed by atoms with Gasteiger partial charge in [-0.2, -0.15) is 0 Å². The highest BCUT2D eigenvalue weighted by molar-refractivity contribution is 7.89. The summed E-state index contributed by atoms with van der Waals surface area (Å²) < 4.78 is 26.3. The van der Waals surface area contributed by atoms with E-state index in [4.69, 9.17) is 5.84 Å². The molecule has 0 spiro atoms. The van der Waals surface area contributed by atoms with Gasteiger partial charge in [-0.25, -0.2) is 29.0 Å². The highest BCUT2D eigenvalue weighted by Gasteiger charge is 2.14.